The largest absolute Gasteiger partial charge is 0.483 e. The molecule has 0 aliphatic heterocycles. The summed E-state index contributed by atoms with van der Waals surface area (Å²) in [5, 5.41) is 5.15. The van der Waals surface area contributed by atoms with Crippen molar-refractivity contribution in [3.05, 3.63) is 76.0 Å². The number of carbonyl (C=O) groups is 1. The molecule has 3 aromatic rings. The van der Waals surface area contributed by atoms with E-state index in [-0.39, 0.29) is 12.5 Å². The Morgan fingerprint density at radius 3 is 2.59 bits per heavy atom. The zero-order valence-electron chi connectivity index (χ0n) is 14.4. The van der Waals surface area contributed by atoms with Crippen LogP contribution in [0.1, 0.15) is 11.3 Å². The number of halogens is 2. The van der Waals surface area contributed by atoms with Crippen LogP contribution in [0, 0.1) is 6.92 Å². The third kappa shape index (κ3) is 5.36. The van der Waals surface area contributed by atoms with Crippen LogP contribution in [0.3, 0.4) is 0 Å². The van der Waals surface area contributed by atoms with Crippen LogP contribution >= 0.6 is 23.2 Å². The van der Waals surface area contributed by atoms with Crippen molar-refractivity contribution in [1.82, 2.24) is 5.43 Å². The molecule has 27 heavy (non-hydrogen) atoms. The van der Waals surface area contributed by atoms with Gasteiger partial charge in [-0.1, -0.05) is 23.2 Å². The van der Waals surface area contributed by atoms with E-state index in [0.29, 0.717) is 27.3 Å². The fourth-order valence-corrected chi connectivity index (χ4v) is 2.66. The Labute approximate surface area is 166 Å². The number of nitrogens with zero attached hydrogens (tertiary/aromatic N) is 1. The Hall–Kier alpha value is -2.76. The summed E-state index contributed by atoms with van der Waals surface area (Å²) in [5.41, 5.74) is 4.14. The number of rotatable bonds is 6. The van der Waals surface area contributed by atoms with Crippen molar-refractivity contribution in [3.8, 4) is 17.1 Å². The van der Waals surface area contributed by atoms with E-state index in [2.05, 4.69) is 10.5 Å². The van der Waals surface area contributed by atoms with Crippen molar-refractivity contribution >= 4 is 35.3 Å². The Morgan fingerprint density at radius 2 is 1.85 bits per heavy atom. The minimum Gasteiger partial charge on any atom is -0.483 e. The zero-order chi connectivity index (χ0) is 19.2. The first-order chi connectivity index (χ1) is 13.0. The summed E-state index contributed by atoms with van der Waals surface area (Å²) < 4.78 is 11.1. The van der Waals surface area contributed by atoms with E-state index in [4.69, 9.17) is 32.4 Å². The number of hydrogen-bond donors (Lipinski definition) is 1. The molecule has 0 aliphatic rings. The summed E-state index contributed by atoms with van der Waals surface area (Å²) in [7, 11) is 0. The van der Waals surface area contributed by atoms with Gasteiger partial charge in [0.2, 0.25) is 0 Å². The van der Waals surface area contributed by atoms with Crippen LogP contribution in [0.4, 0.5) is 0 Å². The average Bonchev–Trinajstić information content (AvgIpc) is 3.10. The molecule has 2 aromatic carbocycles. The van der Waals surface area contributed by atoms with Crippen LogP contribution in [0.2, 0.25) is 10.0 Å². The van der Waals surface area contributed by atoms with E-state index in [1.54, 1.807) is 36.4 Å². The molecule has 5 nitrogen and oxygen atoms in total. The summed E-state index contributed by atoms with van der Waals surface area (Å²) in [5.74, 6) is 1.40. The monoisotopic (exact) mass is 402 g/mol. The predicted octanol–water partition coefficient (Wildman–Crippen LogP) is 5.09. The third-order valence-electron chi connectivity index (χ3n) is 3.63. The maximum atomic E-state index is 11.8. The fraction of sp³-hybridized carbons (Fsp3) is 0.100. The molecular weight excluding hydrogens is 387 g/mol. The van der Waals surface area contributed by atoms with Crippen molar-refractivity contribution in [3.63, 3.8) is 0 Å². The molecule has 0 fully saturated rings. The van der Waals surface area contributed by atoms with E-state index in [9.17, 15) is 4.79 Å². The summed E-state index contributed by atoms with van der Waals surface area (Å²) in [6, 6.07) is 16.1. The number of ether oxygens (including phenoxy) is 1. The van der Waals surface area contributed by atoms with Crippen molar-refractivity contribution in [2.75, 3.05) is 6.61 Å². The lowest BCUT2D eigenvalue weighted by atomic mass is 10.2. The lowest BCUT2D eigenvalue weighted by Crippen LogP contribution is -2.24. The van der Waals surface area contributed by atoms with Gasteiger partial charge in [0.15, 0.2) is 6.61 Å². The predicted molar refractivity (Wildman–Crippen MR) is 107 cm³/mol. The molecule has 3 rings (SSSR count). The highest BCUT2D eigenvalue weighted by atomic mass is 35.5. The van der Waals surface area contributed by atoms with E-state index in [1.165, 1.54) is 6.21 Å². The van der Waals surface area contributed by atoms with Gasteiger partial charge < -0.3 is 9.15 Å². The van der Waals surface area contributed by atoms with Crippen LogP contribution < -0.4 is 10.2 Å². The molecule has 0 unspecified atom stereocenters. The van der Waals surface area contributed by atoms with Gasteiger partial charge >= 0.3 is 0 Å². The maximum absolute atomic E-state index is 11.8. The molecule has 138 valence electrons. The Kier molecular flexibility index (Phi) is 6.16. The van der Waals surface area contributed by atoms with E-state index >= 15 is 0 Å². The molecule has 0 saturated carbocycles. The molecule has 1 heterocycles. The number of amides is 1. The quantitative estimate of drug-likeness (QED) is 0.461. The molecule has 1 amide bonds. The molecule has 0 atom stereocenters. The molecule has 0 bridgehead atoms. The van der Waals surface area contributed by atoms with Gasteiger partial charge in [-0.3, -0.25) is 4.79 Å². The highest BCUT2D eigenvalue weighted by Gasteiger charge is 2.06. The van der Waals surface area contributed by atoms with Gasteiger partial charge in [0, 0.05) is 15.6 Å². The summed E-state index contributed by atoms with van der Waals surface area (Å²) in [6.07, 6.45) is 1.42. The van der Waals surface area contributed by atoms with Crippen LogP contribution in [-0.4, -0.2) is 18.7 Å². The normalized spacial score (nSPS) is 10.9. The number of furan rings is 1. The number of nitrogens with one attached hydrogen (secondary N) is 1. The van der Waals surface area contributed by atoms with Crippen molar-refractivity contribution in [2.24, 2.45) is 5.10 Å². The van der Waals surface area contributed by atoms with Crippen LogP contribution in [0.25, 0.3) is 11.3 Å². The number of hydrogen-bond acceptors (Lipinski definition) is 4. The Morgan fingerprint density at radius 1 is 1.11 bits per heavy atom. The van der Waals surface area contributed by atoms with E-state index < -0.39 is 0 Å². The molecule has 1 aromatic heterocycles. The van der Waals surface area contributed by atoms with Gasteiger partial charge in [0.05, 0.1) is 6.21 Å². The second kappa shape index (κ2) is 8.75. The Bertz CT molecular complexity index is 966. The van der Waals surface area contributed by atoms with E-state index in [1.807, 2.05) is 25.1 Å². The second-order valence-corrected chi connectivity index (χ2v) is 6.57. The number of carbonyl (C=O) groups excluding carboxylic acids is 1. The average molecular weight is 403 g/mol. The molecule has 0 saturated heterocycles. The lowest BCUT2D eigenvalue weighted by Gasteiger charge is -2.08. The highest BCUT2D eigenvalue weighted by molar-refractivity contribution is 6.30. The fourth-order valence-electron chi connectivity index (χ4n) is 2.31. The standard InChI is InChI=1S/C20H16Cl2N2O3/c1-13-10-16(22)6-8-18(13)26-12-20(25)24-23-11-17-7-9-19(27-17)14-2-4-15(21)5-3-14/h2-11H,12H2,1H3,(H,24,25)/b23-11+. The summed E-state index contributed by atoms with van der Waals surface area (Å²) in [4.78, 5) is 11.8. The SMILES string of the molecule is Cc1cc(Cl)ccc1OCC(=O)N/N=C/c1ccc(-c2ccc(Cl)cc2)o1. The Balaban J connectivity index is 1.51. The van der Waals surface area contributed by atoms with Crippen LogP contribution in [-0.2, 0) is 4.79 Å². The summed E-state index contributed by atoms with van der Waals surface area (Å²) >= 11 is 11.8. The van der Waals surface area contributed by atoms with Crippen molar-refractivity contribution in [2.45, 2.75) is 6.92 Å². The maximum Gasteiger partial charge on any atom is 0.277 e. The minimum absolute atomic E-state index is 0.159. The molecular formula is C20H16Cl2N2O3. The third-order valence-corrected chi connectivity index (χ3v) is 4.12. The molecule has 0 spiro atoms. The minimum atomic E-state index is -0.384. The molecule has 7 heteroatoms. The molecule has 0 aliphatic carbocycles. The van der Waals surface area contributed by atoms with Gasteiger partial charge in [0.25, 0.3) is 5.91 Å². The van der Waals surface area contributed by atoms with Gasteiger partial charge in [-0.2, -0.15) is 5.10 Å². The van der Waals surface area contributed by atoms with Gasteiger partial charge in [-0.05, 0) is 67.1 Å². The smallest absolute Gasteiger partial charge is 0.277 e. The van der Waals surface area contributed by atoms with Crippen molar-refractivity contribution in [1.29, 1.82) is 0 Å². The van der Waals surface area contributed by atoms with Crippen LogP contribution in [0.15, 0.2) is 64.1 Å². The second-order valence-electron chi connectivity index (χ2n) is 5.70. The molecule has 1 N–H and O–H groups in total. The number of benzene rings is 2. The molecule has 0 radical (unpaired) electrons. The van der Waals surface area contributed by atoms with Crippen LogP contribution in [0.5, 0.6) is 5.75 Å². The zero-order valence-corrected chi connectivity index (χ0v) is 15.9. The number of hydrazone groups is 1. The first-order valence-corrected chi connectivity index (χ1v) is 8.83. The van der Waals surface area contributed by atoms with Crippen molar-refractivity contribution < 1.29 is 13.9 Å². The van der Waals surface area contributed by atoms with Gasteiger partial charge in [-0.25, -0.2) is 5.43 Å². The van der Waals surface area contributed by atoms with Gasteiger partial charge in [0.1, 0.15) is 17.3 Å². The van der Waals surface area contributed by atoms with Gasteiger partial charge in [-0.15, -0.1) is 0 Å². The first-order valence-electron chi connectivity index (χ1n) is 8.08. The van der Waals surface area contributed by atoms with E-state index in [0.717, 1.165) is 11.1 Å². The summed E-state index contributed by atoms with van der Waals surface area (Å²) in [6.45, 7) is 1.69. The lowest BCUT2D eigenvalue weighted by molar-refractivity contribution is -0.123. The highest BCUT2D eigenvalue weighted by Crippen LogP contribution is 2.23. The first kappa shape index (κ1) is 19.0. The topological polar surface area (TPSA) is 63.8 Å². The number of aryl methyl sites for hydroxylation is 1.